The Kier molecular flexibility index (Phi) is 11.5. The van der Waals surface area contributed by atoms with Gasteiger partial charge in [0.15, 0.2) is 0 Å². The number of hydrogen-bond acceptors (Lipinski definition) is 5. The summed E-state index contributed by atoms with van der Waals surface area (Å²) in [5.74, 6) is -0.604. The molecule has 0 saturated carbocycles. The number of nitrogens with one attached hydrogen (secondary N) is 3. The van der Waals surface area contributed by atoms with Gasteiger partial charge in [0.2, 0.25) is 5.91 Å². The molecule has 5 rings (SSSR count). The number of thioether (sulfide) groups is 1. The van der Waals surface area contributed by atoms with Crippen molar-refractivity contribution in [2.75, 3.05) is 17.7 Å². The van der Waals surface area contributed by atoms with Crippen molar-refractivity contribution < 1.29 is 19.1 Å². The first-order chi connectivity index (χ1) is 22.8. The Balaban J connectivity index is 1.32. The molecule has 47 heavy (non-hydrogen) atoms. The SMILES string of the molecule is COc1ccc(NC(=O)C(Sc2ccc(NC(=O)/C(=C/c3ccc(Br)cc3)NC(=O)c3ccccc3)cc2)c2ccccc2)cc1Cl. The summed E-state index contributed by atoms with van der Waals surface area (Å²) in [7, 11) is 1.53. The van der Waals surface area contributed by atoms with Crippen molar-refractivity contribution in [2.45, 2.75) is 10.1 Å². The number of amides is 3. The van der Waals surface area contributed by atoms with Gasteiger partial charge in [-0.05, 0) is 83.9 Å². The van der Waals surface area contributed by atoms with Gasteiger partial charge < -0.3 is 20.7 Å². The predicted octanol–water partition coefficient (Wildman–Crippen LogP) is 8.99. The second-order valence-corrected chi connectivity index (χ2v) is 12.7. The maximum Gasteiger partial charge on any atom is 0.272 e. The minimum atomic E-state index is -0.578. The van der Waals surface area contributed by atoms with Crippen molar-refractivity contribution >= 4 is 74.5 Å². The highest BCUT2D eigenvalue weighted by Crippen LogP contribution is 2.37. The zero-order valence-electron chi connectivity index (χ0n) is 25.1. The highest BCUT2D eigenvalue weighted by Gasteiger charge is 2.23. The van der Waals surface area contributed by atoms with E-state index in [-0.39, 0.29) is 11.6 Å². The van der Waals surface area contributed by atoms with Crippen LogP contribution < -0.4 is 20.7 Å². The van der Waals surface area contributed by atoms with Crippen LogP contribution >= 0.6 is 39.3 Å². The number of hydrogen-bond donors (Lipinski definition) is 3. The molecule has 5 aromatic carbocycles. The third-order valence-electron chi connectivity index (χ3n) is 6.84. The van der Waals surface area contributed by atoms with Crippen LogP contribution in [0, 0.1) is 0 Å². The van der Waals surface area contributed by atoms with Crippen LogP contribution in [0.1, 0.15) is 26.7 Å². The highest BCUT2D eigenvalue weighted by molar-refractivity contribution is 9.10. The van der Waals surface area contributed by atoms with E-state index in [4.69, 9.17) is 16.3 Å². The van der Waals surface area contributed by atoms with Gasteiger partial charge in [-0.3, -0.25) is 14.4 Å². The Morgan fingerprint density at radius 3 is 2.06 bits per heavy atom. The van der Waals surface area contributed by atoms with E-state index in [1.807, 2.05) is 72.8 Å². The summed E-state index contributed by atoms with van der Waals surface area (Å²) in [5.41, 5.74) is 3.13. The molecule has 0 aromatic heterocycles. The van der Waals surface area contributed by atoms with Crippen molar-refractivity contribution in [1.29, 1.82) is 0 Å². The van der Waals surface area contributed by atoms with E-state index in [0.717, 1.165) is 20.5 Å². The fourth-order valence-corrected chi connectivity index (χ4v) is 6.02. The Hall–Kier alpha value is -4.83. The second kappa shape index (κ2) is 16.1. The molecule has 7 nitrogen and oxygen atoms in total. The maximum atomic E-state index is 13.5. The molecule has 3 amide bonds. The molecule has 0 heterocycles. The van der Waals surface area contributed by atoms with E-state index >= 15 is 0 Å². The van der Waals surface area contributed by atoms with Gasteiger partial charge in [-0.2, -0.15) is 0 Å². The Morgan fingerprint density at radius 1 is 0.787 bits per heavy atom. The summed E-state index contributed by atoms with van der Waals surface area (Å²) < 4.78 is 6.11. The second-order valence-electron chi connectivity index (χ2n) is 10.2. The molecule has 0 aliphatic carbocycles. The average molecular weight is 727 g/mol. The van der Waals surface area contributed by atoms with Gasteiger partial charge in [0.1, 0.15) is 16.7 Å². The molecule has 10 heteroatoms. The van der Waals surface area contributed by atoms with Crippen LogP contribution in [0.4, 0.5) is 11.4 Å². The average Bonchev–Trinajstić information content (AvgIpc) is 3.09. The number of benzene rings is 5. The molecular weight excluding hydrogens is 698 g/mol. The smallest absolute Gasteiger partial charge is 0.272 e. The van der Waals surface area contributed by atoms with Crippen LogP contribution in [0.5, 0.6) is 5.75 Å². The first-order valence-electron chi connectivity index (χ1n) is 14.4. The minimum absolute atomic E-state index is 0.0825. The highest BCUT2D eigenvalue weighted by atomic mass is 79.9. The van der Waals surface area contributed by atoms with Gasteiger partial charge in [0, 0.05) is 26.3 Å². The molecule has 0 radical (unpaired) electrons. The molecule has 0 fully saturated rings. The number of carbonyl (C=O) groups is 3. The Bertz CT molecular complexity index is 1890. The van der Waals surface area contributed by atoms with Gasteiger partial charge in [-0.25, -0.2) is 0 Å². The number of ether oxygens (including phenoxy) is 1. The van der Waals surface area contributed by atoms with Gasteiger partial charge in [-0.15, -0.1) is 11.8 Å². The van der Waals surface area contributed by atoms with E-state index in [1.54, 1.807) is 60.7 Å². The molecule has 1 atom stereocenters. The van der Waals surface area contributed by atoms with Gasteiger partial charge in [-0.1, -0.05) is 88.2 Å². The monoisotopic (exact) mass is 725 g/mol. The first kappa shape index (κ1) is 33.5. The van der Waals surface area contributed by atoms with E-state index in [9.17, 15) is 14.4 Å². The molecule has 0 aliphatic heterocycles. The lowest BCUT2D eigenvalue weighted by molar-refractivity contribution is -0.116. The van der Waals surface area contributed by atoms with Crippen molar-refractivity contribution in [1.82, 2.24) is 5.32 Å². The van der Waals surface area contributed by atoms with E-state index in [1.165, 1.54) is 18.9 Å². The van der Waals surface area contributed by atoms with Crippen molar-refractivity contribution in [3.05, 3.63) is 159 Å². The summed E-state index contributed by atoms with van der Waals surface area (Å²) in [6.07, 6.45) is 1.62. The first-order valence-corrected chi connectivity index (χ1v) is 16.4. The van der Waals surface area contributed by atoms with E-state index in [0.29, 0.717) is 27.7 Å². The van der Waals surface area contributed by atoms with Crippen LogP contribution in [0.15, 0.2) is 142 Å². The molecule has 0 aliphatic rings. The number of carbonyl (C=O) groups excluding carboxylic acids is 3. The lowest BCUT2D eigenvalue weighted by atomic mass is 10.1. The number of anilines is 2. The standard InChI is InChI=1S/C37H29BrClN3O4S/c1-46-33-21-18-29(23-31(33)39)41-37(45)34(25-8-4-2-5-9-25)47-30-19-16-28(17-20-30)40-36(44)32(22-24-12-14-27(38)15-13-24)42-35(43)26-10-6-3-7-11-26/h2-23,34H,1H3,(H,40,44)(H,41,45)(H,42,43)/b32-22-. The lowest BCUT2D eigenvalue weighted by Crippen LogP contribution is -2.30. The summed E-state index contributed by atoms with van der Waals surface area (Å²) >= 11 is 11.1. The van der Waals surface area contributed by atoms with Gasteiger partial charge >= 0.3 is 0 Å². The van der Waals surface area contributed by atoms with Crippen molar-refractivity contribution in [2.24, 2.45) is 0 Å². The molecule has 0 saturated heterocycles. The predicted molar refractivity (Wildman–Crippen MR) is 193 cm³/mol. The van der Waals surface area contributed by atoms with Crippen molar-refractivity contribution in [3.8, 4) is 5.75 Å². The maximum absolute atomic E-state index is 13.5. The molecular formula is C37H29BrClN3O4S. The molecule has 236 valence electrons. The van der Waals surface area contributed by atoms with E-state index in [2.05, 4.69) is 31.9 Å². The quantitative estimate of drug-likeness (QED) is 0.0933. The number of halogens is 2. The Labute approximate surface area is 290 Å². The molecule has 0 spiro atoms. The zero-order chi connectivity index (χ0) is 33.2. The van der Waals surface area contributed by atoms with Crippen molar-refractivity contribution in [3.63, 3.8) is 0 Å². The largest absolute Gasteiger partial charge is 0.495 e. The summed E-state index contributed by atoms with van der Waals surface area (Å²) in [5, 5.41) is 8.38. The topological polar surface area (TPSA) is 96.5 Å². The summed E-state index contributed by atoms with van der Waals surface area (Å²) in [4.78, 5) is 40.7. The molecule has 1 unspecified atom stereocenters. The third kappa shape index (κ3) is 9.36. The molecule has 5 aromatic rings. The Morgan fingerprint density at radius 2 is 1.43 bits per heavy atom. The van der Waals surface area contributed by atoms with Crippen LogP contribution in [0.3, 0.4) is 0 Å². The number of methoxy groups -OCH3 is 1. The van der Waals surface area contributed by atoms with E-state index < -0.39 is 17.1 Å². The third-order valence-corrected chi connectivity index (χ3v) is 8.93. The van der Waals surface area contributed by atoms with Crippen LogP contribution in [0.2, 0.25) is 5.02 Å². The van der Waals surface area contributed by atoms with Crippen LogP contribution in [-0.2, 0) is 9.59 Å². The normalized spacial score (nSPS) is 11.7. The lowest BCUT2D eigenvalue weighted by Gasteiger charge is -2.18. The fourth-order valence-electron chi connectivity index (χ4n) is 4.47. The number of rotatable bonds is 11. The minimum Gasteiger partial charge on any atom is -0.495 e. The molecule has 3 N–H and O–H groups in total. The molecule has 0 bridgehead atoms. The van der Waals surface area contributed by atoms with Crippen LogP contribution in [0.25, 0.3) is 6.08 Å². The van der Waals surface area contributed by atoms with Gasteiger partial charge in [0.25, 0.3) is 11.8 Å². The fraction of sp³-hybridized carbons (Fsp3) is 0.0541. The summed E-state index contributed by atoms with van der Waals surface area (Å²) in [6.45, 7) is 0. The van der Waals surface area contributed by atoms with Crippen LogP contribution in [-0.4, -0.2) is 24.8 Å². The zero-order valence-corrected chi connectivity index (χ0v) is 28.2. The van der Waals surface area contributed by atoms with Gasteiger partial charge in [0.05, 0.1) is 12.1 Å². The summed E-state index contributed by atoms with van der Waals surface area (Å²) in [6, 6.07) is 37.7.